The molecule has 0 aliphatic heterocycles. The predicted octanol–water partition coefficient (Wildman–Crippen LogP) is 1.10. The number of nitrogens with two attached hydrogens (primary N) is 1. The molecule has 1 heterocycles. The van der Waals surface area contributed by atoms with Gasteiger partial charge in [0, 0.05) is 19.6 Å². The normalized spacial score (nSPS) is 11.4. The van der Waals surface area contributed by atoms with Crippen LogP contribution < -0.4 is 21.7 Å². The van der Waals surface area contributed by atoms with Crippen molar-refractivity contribution in [3.8, 4) is 0 Å². The number of hydrogen-bond donors (Lipinski definition) is 2. The molecule has 2 aromatic rings. The number of nitrogens with one attached hydrogen (secondary N) is 1. The van der Waals surface area contributed by atoms with E-state index in [1.807, 2.05) is 26.0 Å². The van der Waals surface area contributed by atoms with Crippen LogP contribution in [0, 0.1) is 6.92 Å². The van der Waals surface area contributed by atoms with Crippen LogP contribution in [0.1, 0.15) is 31.4 Å². The lowest BCUT2D eigenvalue weighted by atomic mass is 9.93. The largest absolute Gasteiger partial charge is 0.374 e. The lowest BCUT2D eigenvalue weighted by Gasteiger charge is -2.26. The number of hydrogen-bond acceptors (Lipinski definition) is 5. The third-order valence-electron chi connectivity index (χ3n) is 4.11. The van der Waals surface area contributed by atoms with Gasteiger partial charge in [-0.25, -0.2) is 9.59 Å². The highest BCUT2D eigenvalue weighted by molar-refractivity contribution is 5.76. The quantitative estimate of drug-likeness (QED) is 0.790. The lowest BCUT2D eigenvalue weighted by Crippen LogP contribution is -2.49. The summed E-state index contributed by atoms with van der Waals surface area (Å²) < 4.78 is 1.60. The van der Waals surface area contributed by atoms with Crippen LogP contribution in [0.15, 0.2) is 29.1 Å². The molecule has 0 spiro atoms. The summed E-state index contributed by atoms with van der Waals surface area (Å²) in [7, 11) is 3.39. The summed E-state index contributed by atoms with van der Waals surface area (Å²) >= 11 is 0. The third-order valence-corrected chi connectivity index (χ3v) is 4.11. The van der Waals surface area contributed by atoms with Gasteiger partial charge in [0.05, 0.1) is 0 Å². The topological polar surface area (TPSA) is 98.2 Å². The van der Waals surface area contributed by atoms with Crippen LogP contribution in [0.4, 0.5) is 10.7 Å². The minimum absolute atomic E-state index is 0.206. The first-order valence-corrected chi connectivity index (χ1v) is 8.14. The zero-order valence-corrected chi connectivity index (χ0v) is 15.4. The van der Waals surface area contributed by atoms with Crippen molar-refractivity contribution in [3.63, 3.8) is 0 Å². The number of carbonyl (C=O) groups is 1. The van der Waals surface area contributed by atoms with E-state index in [1.165, 1.54) is 11.1 Å². The number of nitrogen functional groups attached to an aromatic ring is 1. The van der Waals surface area contributed by atoms with Crippen LogP contribution in [-0.2, 0) is 6.42 Å². The van der Waals surface area contributed by atoms with Crippen LogP contribution in [0.2, 0.25) is 0 Å². The highest BCUT2D eigenvalue weighted by atomic mass is 16.2. The minimum atomic E-state index is -0.684. The Morgan fingerprint density at radius 3 is 2.52 bits per heavy atom. The number of amides is 1. The second-order valence-corrected chi connectivity index (χ2v) is 7.00. The Bertz CT molecular complexity index is 819. The summed E-state index contributed by atoms with van der Waals surface area (Å²) in [5, 5.41) is 6.84. The molecular weight excluding hydrogens is 320 g/mol. The van der Waals surface area contributed by atoms with Crippen LogP contribution in [0.5, 0.6) is 0 Å². The van der Waals surface area contributed by atoms with Crippen molar-refractivity contribution in [3.05, 3.63) is 45.9 Å². The van der Waals surface area contributed by atoms with Gasteiger partial charge >= 0.3 is 11.7 Å². The van der Waals surface area contributed by atoms with E-state index in [0.717, 1.165) is 22.2 Å². The summed E-state index contributed by atoms with van der Waals surface area (Å²) in [6.07, 6.45) is 1.55. The molecule has 8 heteroatoms. The van der Waals surface area contributed by atoms with E-state index in [0.29, 0.717) is 0 Å². The van der Waals surface area contributed by atoms with Crippen molar-refractivity contribution in [1.82, 2.24) is 19.8 Å². The molecule has 2 rings (SSSR count). The summed E-state index contributed by atoms with van der Waals surface area (Å²) in [4.78, 5) is 26.1. The average Bonchev–Trinajstić information content (AvgIpc) is 2.82. The smallest absolute Gasteiger partial charge is 0.346 e. The monoisotopic (exact) mass is 346 g/mol. The number of rotatable bonds is 5. The van der Waals surface area contributed by atoms with E-state index < -0.39 is 17.3 Å². The number of benzene rings is 1. The fourth-order valence-electron chi connectivity index (χ4n) is 2.55. The molecule has 0 radical (unpaired) electrons. The highest BCUT2D eigenvalue weighted by Crippen LogP contribution is 2.16. The lowest BCUT2D eigenvalue weighted by molar-refractivity contribution is 0.225. The number of anilines is 1. The minimum Gasteiger partial charge on any atom is -0.346 e. The molecule has 3 N–H and O–H groups in total. The second-order valence-electron chi connectivity index (χ2n) is 7.00. The molecule has 0 fully saturated rings. The molecule has 0 saturated heterocycles. The fraction of sp³-hybridized carbons (Fsp3) is 0.471. The van der Waals surface area contributed by atoms with E-state index in [-0.39, 0.29) is 5.95 Å². The first kappa shape index (κ1) is 18.6. The standard InChI is InChI=1S/C17H26N6O2/c1-12-8-6-7-9-13(12)10-11-17(2,3)19-15(24)23-16(25)22(18)14(20-23)21(4)5/h6-9H,10-11,18H2,1-5H3,(H,19,24). The SMILES string of the molecule is Cc1ccccc1CCC(C)(C)NC(=O)n1nc(N(C)C)n(N)c1=O. The maximum Gasteiger partial charge on any atom is 0.374 e. The van der Waals surface area contributed by atoms with E-state index in [4.69, 9.17) is 5.84 Å². The Morgan fingerprint density at radius 1 is 1.32 bits per heavy atom. The van der Waals surface area contributed by atoms with Gasteiger partial charge < -0.3 is 16.1 Å². The fourth-order valence-corrected chi connectivity index (χ4v) is 2.55. The first-order valence-electron chi connectivity index (χ1n) is 8.14. The number of nitrogens with zero attached hydrogens (tertiary/aromatic N) is 4. The molecule has 8 nitrogen and oxygen atoms in total. The van der Waals surface area contributed by atoms with Gasteiger partial charge in [-0.2, -0.15) is 4.68 Å². The van der Waals surface area contributed by atoms with Gasteiger partial charge in [-0.05, 0) is 44.7 Å². The first-order chi connectivity index (χ1) is 11.6. The Hall–Kier alpha value is -2.77. The predicted molar refractivity (Wildman–Crippen MR) is 98.5 cm³/mol. The number of carbonyl (C=O) groups excluding carboxylic acids is 1. The molecule has 0 aliphatic rings. The van der Waals surface area contributed by atoms with Crippen LogP contribution in [0.25, 0.3) is 0 Å². The summed E-state index contributed by atoms with van der Waals surface area (Å²) in [6.45, 7) is 5.90. The Balaban J connectivity index is 2.10. The average molecular weight is 346 g/mol. The molecule has 25 heavy (non-hydrogen) atoms. The molecular formula is C17H26N6O2. The highest BCUT2D eigenvalue weighted by Gasteiger charge is 2.25. The van der Waals surface area contributed by atoms with Crippen molar-refractivity contribution in [2.75, 3.05) is 24.8 Å². The maximum atomic E-state index is 12.4. The Morgan fingerprint density at radius 2 is 1.96 bits per heavy atom. The van der Waals surface area contributed by atoms with E-state index in [2.05, 4.69) is 29.5 Å². The van der Waals surface area contributed by atoms with Gasteiger partial charge in [-0.3, -0.25) is 0 Å². The van der Waals surface area contributed by atoms with E-state index in [1.54, 1.807) is 19.0 Å². The zero-order chi connectivity index (χ0) is 18.8. The van der Waals surface area contributed by atoms with Gasteiger partial charge in [0.1, 0.15) is 0 Å². The van der Waals surface area contributed by atoms with Crippen molar-refractivity contribution in [2.45, 2.75) is 39.2 Å². The van der Waals surface area contributed by atoms with Gasteiger partial charge in [0.25, 0.3) is 0 Å². The molecule has 136 valence electrons. The number of aromatic nitrogens is 3. The maximum absolute atomic E-state index is 12.4. The van der Waals surface area contributed by atoms with Crippen LogP contribution >= 0.6 is 0 Å². The molecule has 1 amide bonds. The number of aryl methyl sites for hydroxylation is 2. The summed E-state index contributed by atoms with van der Waals surface area (Å²) in [5.41, 5.74) is 1.27. The molecule has 0 atom stereocenters. The van der Waals surface area contributed by atoms with Crippen molar-refractivity contribution < 1.29 is 4.79 Å². The summed E-state index contributed by atoms with van der Waals surface area (Å²) in [5.74, 6) is 5.86. The molecule has 0 bridgehead atoms. The Labute approximate surface area is 147 Å². The molecule has 1 aromatic heterocycles. The van der Waals surface area contributed by atoms with Crippen molar-refractivity contribution in [1.29, 1.82) is 0 Å². The zero-order valence-electron chi connectivity index (χ0n) is 15.4. The van der Waals surface area contributed by atoms with Gasteiger partial charge in [-0.15, -0.1) is 9.78 Å². The van der Waals surface area contributed by atoms with Gasteiger partial charge in [-0.1, -0.05) is 24.3 Å². The molecule has 0 saturated carbocycles. The second kappa shape index (κ2) is 7.00. The van der Waals surface area contributed by atoms with Gasteiger partial charge in [0.15, 0.2) is 0 Å². The molecule has 1 aromatic carbocycles. The summed E-state index contributed by atoms with van der Waals surface area (Å²) in [6, 6.07) is 7.56. The van der Waals surface area contributed by atoms with Gasteiger partial charge in [0.2, 0.25) is 5.95 Å². The van der Waals surface area contributed by atoms with Crippen molar-refractivity contribution >= 4 is 12.0 Å². The van der Waals surface area contributed by atoms with Crippen LogP contribution in [0.3, 0.4) is 0 Å². The molecule has 0 aliphatic carbocycles. The van der Waals surface area contributed by atoms with Crippen LogP contribution in [-0.4, -0.2) is 40.1 Å². The van der Waals surface area contributed by atoms with E-state index >= 15 is 0 Å². The molecule has 0 unspecified atom stereocenters. The third kappa shape index (κ3) is 4.20. The Kier molecular flexibility index (Phi) is 5.20. The van der Waals surface area contributed by atoms with Crippen molar-refractivity contribution in [2.24, 2.45) is 0 Å². The van der Waals surface area contributed by atoms with E-state index in [9.17, 15) is 9.59 Å².